The van der Waals surface area contributed by atoms with Crippen LogP contribution in [0.4, 0.5) is 5.69 Å². The maximum atomic E-state index is 12.4. The van der Waals surface area contributed by atoms with E-state index in [1.54, 1.807) is 42.2 Å². The molecule has 1 aromatic heterocycles. The van der Waals surface area contributed by atoms with Gasteiger partial charge in [0.1, 0.15) is 6.33 Å². The van der Waals surface area contributed by atoms with Crippen molar-refractivity contribution in [1.82, 2.24) is 14.8 Å². The maximum absolute atomic E-state index is 12.4. The monoisotopic (exact) mass is 382 g/mol. The van der Waals surface area contributed by atoms with Crippen LogP contribution in [0.15, 0.2) is 66.1 Å². The Labute approximate surface area is 160 Å². The lowest BCUT2D eigenvalue weighted by atomic mass is 10.2. The van der Waals surface area contributed by atoms with Gasteiger partial charge in [-0.2, -0.15) is 0 Å². The molecular formula is C19H18N4O3S. The Hall–Kier alpha value is -3.13. The highest BCUT2D eigenvalue weighted by Gasteiger charge is 2.17. The number of nitrogens with one attached hydrogen (secondary N) is 1. The van der Waals surface area contributed by atoms with Crippen LogP contribution in [-0.2, 0) is 9.53 Å². The van der Waals surface area contributed by atoms with Crippen LogP contribution in [0.3, 0.4) is 0 Å². The van der Waals surface area contributed by atoms with E-state index in [0.29, 0.717) is 16.4 Å². The van der Waals surface area contributed by atoms with Gasteiger partial charge in [0.2, 0.25) is 11.1 Å². The molecule has 1 atom stereocenters. The quantitative estimate of drug-likeness (QED) is 0.521. The zero-order valence-electron chi connectivity index (χ0n) is 14.8. The van der Waals surface area contributed by atoms with Gasteiger partial charge in [-0.25, -0.2) is 14.5 Å². The number of thioether (sulfide) groups is 1. The summed E-state index contributed by atoms with van der Waals surface area (Å²) in [5.74, 6) is -0.598. The van der Waals surface area contributed by atoms with Crippen molar-refractivity contribution >= 4 is 29.3 Å². The van der Waals surface area contributed by atoms with Gasteiger partial charge in [0, 0.05) is 5.69 Å². The molecule has 138 valence electrons. The SMILES string of the molecule is COC(=O)c1ccc(NC(=O)[C@H](C)Sc2ncn(-c3ccccc3)n2)cc1. The number of aromatic nitrogens is 3. The molecule has 0 unspecified atom stereocenters. The van der Waals surface area contributed by atoms with Crippen molar-refractivity contribution < 1.29 is 14.3 Å². The number of benzene rings is 2. The van der Waals surface area contributed by atoms with Gasteiger partial charge in [0.15, 0.2) is 0 Å². The number of hydrogen-bond donors (Lipinski definition) is 1. The van der Waals surface area contributed by atoms with Gasteiger partial charge in [-0.05, 0) is 43.3 Å². The van der Waals surface area contributed by atoms with Crippen LogP contribution >= 0.6 is 11.8 Å². The van der Waals surface area contributed by atoms with E-state index in [2.05, 4.69) is 20.1 Å². The Morgan fingerprint density at radius 2 is 1.81 bits per heavy atom. The number of amides is 1. The fraction of sp³-hybridized carbons (Fsp3) is 0.158. The van der Waals surface area contributed by atoms with Gasteiger partial charge in [-0.3, -0.25) is 4.79 Å². The third-order valence-electron chi connectivity index (χ3n) is 3.72. The minimum Gasteiger partial charge on any atom is -0.465 e. The van der Waals surface area contributed by atoms with Crippen LogP contribution in [0, 0.1) is 0 Å². The lowest BCUT2D eigenvalue weighted by Crippen LogP contribution is -2.22. The van der Waals surface area contributed by atoms with Crippen LogP contribution < -0.4 is 5.32 Å². The highest BCUT2D eigenvalue weighted by molar-refractivity contribution is 8.00. The lowest BCUT2D eigenvalue weighted by Gasteiger charge is -2.10. The molecule has 0 saturated heterocycles. The predicted molar refractivity (Wildman–Crippen MR) is 103 cm³/mol. The summed E-state index contributed by atoms with van der Waals surface area (Å²) in [4.78, 5) is 28.1. The van der Waals surface area contributed by atoms with Crippen LogP contribution in [0.5, 0.6) is 0 Å². The van der Waals surface area contributed by atoms with Crippen molar-refractivity contribution in [2.75, 3.05) is 12.4 Å². The summed E-state index contributed by atoms with van der Waals surface area (Å²) in [6.45, 7) is 1.78. The van der Waals surface area contributed by atoms with E-state index in [4.69, 9.17) is 0 Å². The second kappa shape index (κ2) is 8.50. The zero-order valence-corrected chi connectivity index (χ0v) is 15.6. The molecule has 1 amide bonds. The second-order valence-corrected chi connectivity index (χ2v) is 6.93. The molecule has 0 aliphatic rings. The largest absolute Gasteiger partial charge is 0.465 e. The van der Waals surface area contributed by atoms with E-state index in [0.717, 1.165) is 5.69 Å². The molecule has 1 N–H and O–H groups in total. The molecule has 0 bridgehead atoms. The number of hydrogen-bond acceptors (Lipinski definition) is 6. The van der Waals surface area contributed by atoms with Crippen LogP contribution in [-0.4, -0.2) is 39.0 Å². The number of ether oxygens (including phenoxy) is 1. The van der Waals surface area contributed by atoms with E-state index in [1.807, 2.05) is 30.3 Å². The average molecular weight is 382 g/mol. The summed E-state index contributed by atoms with van der Waals surface area (Å²) >= 11 is 1.27. The highest BCUT2D eigenvalue weighted by Crippen LogP contribution is 2.21. The summed E-state index contributed by atoms with van der Waals surface area (Å²) in [5, 5.41) is 7.32. The van der Waals surface area contributed by atoms with Gasteiger partial charge >= 0.3 is 5.97 Å². The Kier molecular flexibility index (Phi) is 5.87. The summed E-state index contributed by atoms with van der Waals surface area (Å²) in [6.07, 6.45) is 1.62. The lowest BCUT2D eigenvalue weighted by molar-refractivity contribution is -0.115. The molecule has 0 fully saturated rings. The smallest absolute Gasteiger partial charge is 0.337 e. The molecule has 7 nitrogen and oxygen atoms in total. The minimum absolute atomic E-state index is 0.179. The Morgan fingerprint density at radius 1 is 1.11 bits per heavy atom. The Bertz CT molecular complexity index is 926. The van der Waals surface area contributed by atoms with Crippen molar-refractivity contribution in [2.45, 2.75) is 17.3 Å². The molecule has 1 heterocycles. The molecule has 0 aliphatic heterocycles. The van der Waals surface area contributed by atoms with Gasteiger partial charge in [0.25, 0.3) is 0 Å². The zero-order chi connectivity index (χ0) is 19.2. The van der Waals surface area contributed by atoms with Gasteiger partial charge in [-0.15, -0.1) is 5.10 Å². The number of anilines is 1. The third kappa shape index (κ3) is 4.73. The topological polar surface area (TPSA) is 86.1 Å². The van der Waals surface area contributed by atoms with Crippen molar-refractivity contribution in [2.24, 2.45) is 0 Å². The number of para-hydroxylation sites is 1. The van der Waals surface area contributed by atoms with E-state index in [1.165, 1.54) is 18.9 Å². The summed E-state index contributed by atoms with van der Waals surface area (Å²) in [5.41, 5.74) is 1.93. The van der Waals surface area contributed by atoms with E-state index in [9.17, 15) is 9.59 Å². The van der Waals surface area contributed by atoms with Gasteiger partial charge < -0.3 is 10.1 Å². The van der Waals surface area contributed by atoms with E-state index >= 15 is 0 Å². The number of esters is 1. The van der Waals surface area contributed by atoms with Crippen molar-refractivity contribution in [3.63, 3.8) is 0 Å². The van der Waals surface area contributed by atoms with Crippen molar-refractivity contribution in [3.8, 4) is 5.69 Å². The van der Waals surface area contributed by atoms with Crippen molar-refractivity contribution in [3.05, 3.63) is 66.5 Å². The summed E-state index contributed by atoms with van der Waals surface area (Å²) in [7, 11) is 1.32. The predicted octanol–water partition coefficient (Wildman–Crippen LogP) is 3.17. The van der Waals surface area contributed by atoms with Crippen LogP contribution in [0.1, 0.15) is 17.3 Å². The van der Waals surface area contributed by atoms with E-state index < -0.39 is 11.2 Å². The number of nitrogens with zero attached hydrogens (tertiary/aromatic N) is 3. The highest BCUT2D eigenvalue weighted by atomic mass is 32.2. The first kappa shape index (κ1) is 18.7. The van der Waals surface area contributed by atoms with Gasteiger partial charge in [-0.1, -0.05) is 30.0 Å². The number of methoxy groups -OCH3 is 1. The molecule has 0 radical (unpaired) electrons. The first-order valence-electron chi connectivity index (χ1n) is 8.20. The van der Waals surface area contributed by atoms with Crippen molar-refractivity contribution in [1.29, 1.82) is 0 Å². The number of rotatable bonds is 6. The molecule has 2 aromatic carbocycles. The molecule has 3 aromatic rings. The first-order valence-corrected chi connectivity index (χ1v) is 9.08. The minimum atomic E-state index is -0.420. The molecule has 0 spiro atoms. The fourth-order valence-corrected chi connectivity index (χ4v) is 3.00. The number of carbonyl (C=O) groups is 2. The third-order valence-corrected chi connectivity index (χ3v) is 4.68. The first-order chi connectivity index (χ1) is 13.1. The average Bonchev–Trinajstić information content (AvgIpc) is 3.17. The molecular weight excluding hydrogens is 364 g/mol. The Balaban J connectivity index is 1.59. The summed E-state index contributed by atoms with van der Waals surface area (Å²) in [6, 6.07) is 16.1. The fourth-order valence-electron chi connectivity index (χ4n) is 2.27. The van der Waals surface area contributed by atoms with Crippen LogP contribution in [0.25, 0.3) is 5.69 Å². The summed E-state index contributed by atoms with van der Waals surface area (Å²) < 4.78 is 6.32. The maximum Gasteiger partial charge on any atom is 0.337 e. The normalized spacial score (nSPS) is 11.6. The standard InChI is InChI=1S/C19H18N4O3S/c1-13(17(24)21-15-10-8-14(9-11-15)18(25)26-2)27-19-20-12-23(22-19)16-6-4-3-5-7-16/h3-13H,1-2H3,(H,21,24)/t13-/m0/s1. The molecule has 27 heavy (non-hydrogen) atoms. The Morgan fingerprint density at radius 3 is 2.48 bits per heavy atom. The van der Waals surface area contributed by atoms with Gasteiger partial charge in [0.05, 0.1) is 23.6 Å². The molecule has 8 heteroatoms. The van der Waals surface area contributed by atoms with E-state index in [-0.39, 0.29) is 5.91 Å². The second-order valence-electron chi connectivity index (χ2n) is 5.63. The molecule has 3 rings (SSSR count). The number of carbonyl (C=O) groups excluding carboxylic acids is 2. The molecule has 0 saturated carbocycles. The molecule has 0 aliphatic carbocycles. The van der Waals surface area contributed by atoms with Crippen LogP contribution in [0.2, 0.25) is 0 Å².